The molecule has 194 valence electrons. The molecule has 8 heteroatoms. The molecular formula is C28H35F2N3O3. The number of amides is 2. The third-order valence-electron chi connectivity index (χ3n) is 8.55. The largest absolute Gasteiger partial charge is 0.392 e. The Hall–Kier alpha value is -2.87. The second-order valence-corrected chi connectivity index (χ2v) is 10.8. The van der Waals surface area contributed by atoms with Crippen LogP contribution in [0.4, 0.5) is 8.78 Å². The Kier molecular flexibility index (Phi) is 7.73. The summed E-state index contributed by atoms with van der Waals surface area (Å²) in [6, 6.07) is 8.29. The Morgan fingerprint density at radius 3 is 2.53 bits per heavy atom. The average Bonchev–Trinajstić information content (AvgIpc) is 2.84. The molecule has 1 aromatic heterocycles. The van der Waals surface area contributed by atoms with Gasteiger partial charge in [-0.25, -0.2) is 8.78 Å². The number of aliphatic hydroxyl groups excluding tert-OH is 1. The topological polar surface area (TPSA) is 91.3 Å². The molecule has 1 aromatic carbocycles. The van der Waals surface area contributed by atoms with Gasteiger partial charge in [-0.3, -0.25) is 14.6 Å². The lowest BCUT2D eigenvalue weighted by molar-refractivity contribution is -0.142. The molecule has 1 heterocycles. The summed E-state index contributed by atoms with van der Waals surface area (Å²) in [6.45, 7) is 6.08. The molecule has 3 N–H and O–H groups in total. The fourth-order valence-corrected chi connectivity index (χ4v) is 6.49. The van der Waals surface area contributed by atoms with E-state index in [0.29, 0.717) is 11.3 Å². The molecule has 6 nitrogen and oxygen atoms in total. The van der Waals surface area contributed by atoms with Crippen LogP contribution in [0.1, 0.15) is 62.5 Å². The second-order valence-electron chi connectivity index (χ2n) is 10.8. The van der Waals surface area contributed by atoms with E-state index < -0.39 is 23.7 Å². The summed E-state index contributed by atoms with van der Waals surface area (Å²) >= 11 is 0. The molecule has 0 bridgehead atoms. The molecule has 2 aliphatic rings. The number of pyridine rings is 1. The number of carbonyl (C=O) groups is 2. The van der Waals surface area contributed by atoms with Gasteiger partial charge in [0.25, 0.3) is 5.91 Å². The first-order valence-corrected chi connectivity index (χ1v) is 12.7. The summed E-state index contributed by atoms with van der Waals surface area (Å²) in [7, 11) is 0. The van der Waals surface area contributed by atoms with Crippen molar-refractivity contribution in [2.24, 2.45) is 29.1 Å². The highest BCUT2D eigenvalue weighted by Crippen LogP contribution is 2.55. The Labute approximate surface area is 210 Å². The molecule has 0 radical (unpaired) electrons. The van der Waals surface area contributed by atoms with Crippen molar-refractivity contribution >= 4 is 11.8 Å². The third-order valence-corrected chi connectivity index (χ3v) is 8.55. The number of hydrogen-bond donors (Lipinski definition) is 3. The van der Waals surface area contributed by atoms with E-state index in [-0.39, 0.29) is 47.6 Å². The molecule has 0 aliphatic heterocycles. The number of aromatic nitrogens is 1. The van der Waals surface area contributed by atoms with Crippen molar-refractivity contribution in [3.05, 3.63) is 65.5 Å². The minimum Gasteiger partial charge on any atom is -0.392 e. The lowest BCUT2D eigenvalue weighted by Gasteiger charge is -2.56. The van der Waals surface area contributed by atoms with Gasteiger partial charge in [-0.15, -0.1) is 0 Å². The van der Waals surface area contributed by atoms with Gasteiger partial charge in [0, 0.05) is 30.8 Å². The van der Waals surface area contributed by atoms with Gasteiger partial charge >= 0.3 is 0 Å². The summed E-state index contributed by atoms with van der Waals surface area (Å²) in [5.74, 6) is -2.64. The summed E-state index contributed by atoms with van der Waals surface area (Å²) < 4.78 is 27.0. The summed E-state index contributed by atoms with van der Waals surface area (Å²) in [5.41, 5.74) is 0.636. The minimum atomic E-state index is -0.708. The van der Waals surface area contributed by atoms with Gasteiger partial charge in [0.2, 0.25) is 5.91 Å². The van der Waals surface area contributed by atoms with E-state index in [0.717, 1.165) is 31.7 Å². The molecule has 2 amide bonds. The molecule has 0 spiro atoms. The molecule has 36 heavy (non-hydrogen) atoms. The molecule has 0 saturated heterocycles. The zero-order chi connectivity index (χ0) is 26.0. The molecule has 7 atom stereocenters. The van der Waals surface area contributed by atoms with Crippen LogP contribution in [0.15, 0.2) is 42.6 Å². The van der Waals surface area contributed by atoms with Crippen molar-refractivity contribution in [3.63, 3.8) is 0 Å². The number of nitrogens with one attached hydrogen (secondary N) is 2. The third kappa shape index (κ3) is 5.43. The quantitative estimate of drug-likeness (QED) is 0.555. The van der Waals surface area contributed by atoms with Crippen LogP contribution in [0.2, 0.25) is 0 Å². The van der Waals surface area contributed by atoms with Crippen molar-refractivity contribution in [2.45, 2.75) is 65.1 Å². The van der Waals surface area contributed by atoms with Crippen molar-refractivity contribution in [1.29, 1.82) is 0 Å². The normalized spacial score (nSPS) is 30.7. The monoisotopic (exact) mass is 499 g/mol. The van der Waals surface area contributed by atoms with E-state index in [4.69, 9.17) is 0 Å². The molecule has 2 aliphatic carbocycles. The highest BCUT2D eigenvalue weighted by Gasteiger charge is 2.53. The predicted molar refractivity (Wildman–Crippen MR) is 132 cm³/mol. The van der Waals surface area contributed by atoms with Crippen LogP contribution in [-0.4, -0.2) is 34.1 Å². The van der Waals surface area contributed by atoms with Gasteiger partial charge in [0.15, 0.2) is 0 Å². The molecular weight excluding hydrogens is 464 g/mol. The van der Waals surface area contributed by atoms with Crippen LogP contribution >= 0.6 is 0 Å². The highest BCUT2D eigenvalue weighted by atomic mass is 19.1. The first-order valence-electron chi connectivity index (χ1n) is 12.7. The van der Waals surface area contributed by atoms with Crippen molar-refractivity contribution < 1.29 is 23.5 Å². The van der Waals surface area contributed by atoms with E-state index in [2.05, 4.69) is 29.5 Å². The maximum atomic E-state index is 13.5. The van der Waals surface area contributed by atoms with Gasteiger partial charge in [-0.2, -0.15) is 0 Å². The Balaban J connectivity index is 1.42. The van der Waals surface area contributed by atoms with Gasteiger partial charge < -0.3 is 15.7 Å². The SMILES string of the molecule is C[C@H]1[C@@H]2[C@@H](O)[C@@H]([C@H](C)C(=O)NCc3cc(F)cc(F)c3)CC[C@@]2(C)CC[C@@H]1NC(=O)c1ccccn1. The number of nitrogens with zero attached hydrogens (tertiary/aromatic N) is 1. The van der Waals surface area contributed by atoms with Gasteiger partial charge in [0.1, 0.15) is 17.3 Å². The number of rotatable bonds is 6. The predicted octanol–water partition coefficient (Wildman–Crippen LogP) is 4.23. The van der Waals surface area contributed by atoms with Crippen LogP contribution in [0.25, 0.3) is 0 Å². The molecule has 2 aromatic rings. The van der Waals surface area contributed by atoms with Crippen molar-refractivity contribution in [1.82, 2.24) is 15.6 Å². The molecule has 0 unspecified atom stereocenters. The number of carbonyl (C=O) groups excluding carboxylic acids is 2. The Bertz CT molecular complexity index is 1080. The molecule has 2 fully saturated rings. The van der Waals surface area contributed by atoms with Crippen molar-refractivity contribution in [3.8, 4) is 0 Å². The minimum absolute atomic E-state index is 0.0137. The first kappa shape index (κ1) is 26.2. The standard InChI is InChI=1S/C28H35F2N3O3/c1-16(26(35)32-15-18-12-19(29)14-20(30)13-18)21-7-9-28(3)10-8-22(17(2)24(28)25(21)34)33-27(36)23-6-4-5-11-31-23/h4-6,11-14,16-17,21-22,24-25,34H,7-10,15H2,1-3H3,(H,32,35)(H,33,36)/t16-,17+,21+,22-,24+,25-,28-/m0/s1. The van der Waals surface area contributed by atoms with Gasteiger partial charge in [-0.05, 0) is 78.7 Å². The van der Waals surface area contributed by atoms with E-state index in [1.807, 2.05) is 0 Å². The van der Waals surface area contributed by atoms with Crippen LogP contribution in [0.5, 0.6) is 0 Å². The first-order chi connectivity index (χ1) is 17.1. The summed E-state index contributed by atoms with van der Waals surface area (Å²) in [6.07, 6.45) is 4.19. The highest BCUT2D eigenvalue weighted by molar-refractivity contribution is 5.92. The lowest BCUT2D eigenvalue weighted by atomic mass is 9.51. The van der Waals surface area contributed by atoms with Gasteiger partial charge in [0.05, 0.1) is 6.10 Å². The number of aliphatic hydroxyl groups is 1. The Morgan fingerprint density at radius 2 is 1.86 bits per heavy atom. The zero-order valence-corrected chi connectivity index (χ0v) is 21.0. The number of fused-ring (bicyclic) bond motifs is 1. The Morgan fingerprint density at radius 1 is 1.17 bits per heavy atom. The molecule has 4 rings (SSSR count). The summed E-state index contributed by atoms with van der Waals surface area (Å²) in [5, 5.41) is 17.4. The van der Waals surface area contributed by atoms with Crippen molar-refractivity contribution in [2.75, 3.05) is 0 Å². The van der Waals surface area contributed by atoms with E-state index in [9.17, 15) is 23.5 Å². The zero-order valence-electron chi connectivity index (χ0n) is 21.0. The molecule has 2 saturated carbocycles. The fourth-order valence-electron chi connectivity index (χ4n) is 6.49. The van der Waals surface area contributed by atoms with E-state index in [1.165, 1.54) is 12.1 Å². The van der Waals surface area contributed by atoms with Crippen LogP contribution in [0.3, 0.4) is 0 Å². The maximum absolute atomic E-state index is 13.5. The lowest BCUT2D eigenvalue weighted by Crippen LogP contribution is -2.58. The number of hydrogen-bond acceptors (Lipinski definition) is 4. The van der Waals surface area contributed by atoms with Crippen LogP contribution in [0, 0.1) is 40.7 Å². The average molecular weight is 500 g/mol. The summed E-state index contributed by atoms with van der Waals surface area (Å²) in [4.78, 5) is 29.8. The number of halogens is 2. The number of benzene rings is 1. The smallest absolute Gasteiger partial charge is 0.270 e. The fraction of sp³-hybridized carbons (Fsp3) is 0.536. The van der Waals surface area contributed by atoms with E-state index in [1.54, 1.807) is 31.3 Å². The maximum Gasteiger partial charge on any atom is 0.270 e. The van der Waals surface area contributed by atoms with Gasteiger partial charge in [-0.1, -0.05) is 26.8 Å². The van der Waals surface area contributed by atoms with Crippen LogP contribution < -0.4 is 10.6 Å². The van der Waals surface area contributed by atoms with Crippen LogP contribution in [-0.2, 0) is 11.3 Å². The second kappa shape index (κ2) is 10.6. The van der Waals surface area contributed by atoms with E-state index >= 15 is 0 Å².